The summed E-state index contributed by atoms with van der Waals surface area (Å²) in [5.74, 6) is 1.71. The van der Waals surface area contributed by atoms with Gasteiger partial charge >= 0.3 is 0 Å². The molecule has 0 fully saturated rings. The van der Waals surface area contributed by atoms with E-state index in [9.17, 15) is 0 Å². The van der Waals surface area contributed by atoms with Crippen molar-refractivity contribution in [1.82, 2.24) is 15.0 Å². The third-order valence-corrected chi connectivity index (χ3v) is 3.47. The lowest BCUT2D eigenvalue weighted by Gasteiger charge is -2.14. The quantitative estimate of drug-likeness (QED) is 0.747. The van der Waals surface area contributed by atoms with Gasteiger partial charge in [0.25, 0.3) is 5.88 Å². The molecule has 8 heteroatoms. The number of hydrogen-bond acceptors (Lipinski definition) is 8. The Labute approximate surface area is 149 Å². The molecule has 0 saturated heterocycles. The molecule has 130 valence electrons. The van der Waals surface area contributed by atoms with Crippen molar-refractivity contribution in [3.05, 3.63) is 48.3 Å². The molecule has 0 saturated carbocycles. The van der Waals surface area contributed by atoms with Crippen molar-refractivity contribution < 1.29 is 14.2 Å². The third kappa shape index (κ3) is 3.32. The molecule has 1 aromatic carbocycles. The van der Waals surface area contributed by atoms with Gasteiger partial charge in [0.1, 0.15) is 11.8 Å². The van der Waals surface area contributed by atoms with Gasteiger partial charge in [0.2, 0.25) is 5.75 Å². The minimum atomic E-state index is 0.0908. The number of nitrogens with two attached hydrogens (primary N) is 1. The van der Waals surface area contributed by atoms with E-state index in [-0.39, 0.29) is 23.1 Å². The summed E-state index contributed by atoms with van der Waals surface area (Å²) in [6.45, 7) is 0. The molecule has 0 bridgehead atoms. The van der Waals surface area contributed by atoms with Gasteiger partial charge in [-0.1, -0.05) is 12.1 Å². The van der Waals surface area contributed by atoms with E-state index < -0.39 is 0 Å². The maximum Gasteiger partial charge on any atom is 0.263 e. The second-order valence-corrected chi connectivity index (χ2v) is 5.07. The zero-order chi connectivity index (χ0) is 18.5. The number of methoxy groups -OCH3 is 2. The first-order valence-electron chi connectivity index (χ1n) is 7.55. The monoisotopic (exact) mass is 349 g/mol. The van der Waals surface area contributed by atoms with Crippen molar-refractivity contribution in [3.63, 3.8) is 0 Å². The highest BCUT2D eigenvalue weighted by Crippen LogP contribution is 2.39. The van der Waals surface area contributed by atoms with Crippen LogP contribution < -0.4 is 19.9 Å². The number of para-hydroxylation sites is 2. The Kier molecular flexibility index (Phi) is 4.80. The molecular weight excluding hydrogens is 334 g/mol. The van der Waals surface area contributed by atoms with E-state index in [1.54, 1.807) is 37.4 Å². The fourth-order valence-corrected chi connectivity index (χ4v) is 2.25. The highest BCUT2D eigenvalue weighted by molar-refractivity contribution is 5.64. The standard InChI is InChI=1S/C18H15N5O3/c1-24-13-5-3-4-6-14(13)26-15-16(20)22-17(23-18(15)25-2)11-7-8-21-12(9-11)10-19/h3-9H,1-2H3,(H2,20,22,23). The largest absolute Gasteiger partial charge is 0.493 e. The molecule has 2 aromatic heterocycles. The Morgan fingerprint density at radius 1 is 1.04 bits per heavy atom. The molecule has 0 unspecified atom stereocenters. The summed E-state index contributed by atoms with van der Waals surface area (Å²) in [5, 5.41) is 8.99. The number of benzene rings is 1. The minimum Gasteiger partial charge on any atom is -0.493 e. The maximum atomic E-state index is 8.99. The lowest BCUT2D eigenvalue weighted by atomic mass is 10.2. The van der Waals surface area contributed by atoms with E-state index in [4.69, 9.17) is 25.2 Å². The average Bonchev–Trinajstić information content (AvgIpc) is 2.69. The Morgan fingerprint density at radius 2 is 1.81 bits per heavy atom. The van der Waals surface area contributed by atoms with Crippen LogP contribution in [0.2, 0.25) is 0 Å². The number of anilines is 1. The molecule has 0 aliphatic carbocycles. The molecule has 0 aliphatic heterocycles. The Bertz CT molecular complexity index is 985. The van der Waals surface area contributed by atoms with Crippen LogP contribution in [-0.2, 0) is 0 Å². The number of rotatable bonds is 5. The number of nitriles is 1. The van der Waals surface area contributed by atoms with Crippen LogP contribution in [0, 0.1) is 11.3 Å². The summed E-state index contributed by atoms with van der Waals surface area (Å²) >= 11 is 0. The third-order valence-electron chi connectivity index (χ3n) is 3.47. The summed E-state index contributed by atoms with van der Waals surface area (Å²) in [4.78, 5) is 12.5. The first-order valence-corrected chi connectivity index (χ1v) is 7.55. The van der Waals surface area contributed by atoms with E-state index in [1.165, 1.54) is 13.3 Å². The first kappa shape index (κ1) is 17.0. The van der Waals surface area contributed by atoms with Crippen molar-refractivity contribution in [3.8, 4) is 40.6 Å². The second kappa shape index (κ2) is 7.36. The molecule has 0 atom stereocenters. The molecule has 3 aromatic rings. The molecule has 0 radical (unpaired) electrons. The van der Waals surface area contributed by atoms with Crippen LogP contribution in [-0.4, -0.2) is 29.2 Å². The summed E-state index contributed by atoms with van der Waals surface area (Å²) in [5.41, 5.74) is 6.90. The highest BCUT2D eigenvalue weighted by Gasteiger charge is 2.18. The van der Waals surface area contributed by atoms with Crippen LogP contribution in [0.25, 0.3) is 11.4 Å². The number of nitrogens with zero attached hydrogens (tertiary/aromatic N) is 4. The predicted molar refractivity (Wildman–Crippen MR) is 94.0 cm³/mol. The highest BCUT2D eigenvalue weighted by atomic mass is 16.5. The molecule has 2 heterocycles. The first-order chi connectivity index (χ1) is 12.7. The molecular formula is C18H15N5O3. The lowest BCUT2D eigenvalue weighted by Crippen LogP contribution is -2.04. The van der Waals surface area contributed by atoms with Crippen molar-refractivity contribution in [2.24, 2.45) is 0 Å². The van der Waals surface area contributed by atoms with E-state index in [2.05, 4.69) is 15.0 Å². The van der Waals surface area contributed by atoms with Gasteiger partial charge < -0.3 is 19.9 Å². The van der Waals surface area contributed by atoms with E-state index in [1.807, 2.05) is 12.1 Å². The van der Waals surface area contributed by atoms with E-state index >= 15 is 0 Å². The van der Waals surface area contributed by atoms with Crippen molar-refractivity contribution in [2.75, 3.05) is 20.0 Å². The molecule has 0 amide bonds. The average molecular weight is 349 g/mol. The summed E-state index contributed by atoms with van der Waals surface area (Å²) in [7, 11) is 2.99. The van der Waals surface area contributed by atoms with E-state index in [0.29, 0.717) is 22.9 Å². The predicted octanol–water partition coefficient (Wildman–Crippen LogP) is 2.80. The molecule has 8 nitrogen and oxygen atoms in total. The molecule has 3 rings (SSSR count). The lowest BCUT2D eigenvalue weighted by molar-refractivity contribution is 0.348. The van der Waals surface area contributed by atoms with Crippen LogP contribution in [0.5, 0.6) is 23.1 Å². The zero-order valence-corrected chi connectivity index (χ0v) is 14.1. The van der Waals surface area contributed by atoms with Gasteiger partial charge in [-0.15, -0.1) is 0 Å². The molecule has 0 aliphatic rings. The Balaban J connectivity index is 2.04. The van der Waals surface area contributed by atoms with Crippen molar-refractivity contribution in [2.45, 2.75) is 0 Å². The fraction of sp³-hybridized carbons (Fsp3) is 0.111. The van der Waals surface area contributed by atoms with Crippen molar-refractivity contribution in [1.29, 1.82) is 5.26 Å². The number of pyridine rings is 1. The summed E-state index contributed by atoms with van der Waals surface area (Å²) in [6.07, 6.45) is 1.50. The van der Waals surface area contributed by atoms with Crippen LogP contribution in [0.3, 0.4) is 0 Å². The van der Waals surface area contributed by atoms with E-state index in [0.717, 1.165) is 0 Å². The minimum absolute atomic E-state index is 0.0908. The van der Waals surface area contributed by atoms with Crippen LogP contribution >= 0.6 is 0 Å². The van der Waals surface area contributed by atoms with Gasteiger partial charge in [0.15, 0.2) is 23.1 Å². The second-order valence-electron chi connectivity index (χ2n) is 5.07. The van der Waals surface area contributed by atoms with Crippen LogP contribution in [0.1, 0.15) is 5.69 Å². The van der Waals surface area contributed by atoms with Gasteiger partial charge in [-0.05, 0) is 24.3 Å². The van der Waals surface area contributed by atoms with Gasteiger partial charge in [0.05, 0.1) is 14.2 Å². The Morgan fingerprint density at radius 3 is 2.50 bits per heavy atom. The number of ether oxygens (including phenoxy) is 3. The number of hydrogen-bond donors (Lipinski definition) is 1. The normalized spacial score (nSPS) is 10.0. The van der Waals surface area contributed by atoms with Gasteiger partial charge in [0, 0.05) is 11.8 Å². The Hall–Kier alpha value is -3.86. The van der Waals surface area contributed by atoms with Crippen LogP contribution in [0.15, 0.2) is 42.6 Å². The van der Waals surface area contributed by atoms with Crippen molar-refractivity contribution >= 4 is 5.82 Å². The summed E-state index contributed by atoms with van der Waals surface area (Å²) < 4.78 is 16.4. The maximum absolute atomic E-state index is 8.99. The summed E-state index contributed by atoms with van der Waals surface area (Å²) in [6, 6.07) is 12.3. The number of aromatic nitrogens is 3. The van der Waals surface area contributed by atoms with Crippen LogP contribution in [0.4, 0.5) is 5.82 Å². The molecule has 0 spiro atoms. The molecule has 2 N–H and O–H groups in total. The van der Waals surface area contributed by atoms with Gasteiger partial charge in [-0.3, -0.25) is 0 Å². The van der Waals surface area contributed by atoms with Gasteiger partial charge in [-0.25, -0.2) is 9.97 Å². The SMILES string of the molecule is COc1ccccc1Oc1c(N)nc(-c2ccnc(C#N)c2)nc1OC. The topological polar surface area (TPSA) is 116 Å². The zero-order valence-electron chi connectivity index (χ0n) is 14.1. The fourth-order valence-electron chi connectivity index (χ4n) is 2.25. The smallest absolute Gasteiger partial charge is 0.263 e. The van der Waals surface area contributed by atoms with Gasteiger partial charge in [-0.2, -0.15) is 10.2 Å². The molecule has 26 heavy (non-hydrogen) atoms. The number of nitrogen functional groups attached to an aromatic ring is 1.